The summed E-state index contributed by atoms with van der Waals surface area (Å²) in [6, 6.07) is 0. The molecular formula is C5H13ClFN. The van der Waals surface area contributed by atoms with Crippen LogP contribution in [-0.4, -0.2) is 19.8 Å². The lowest BCUT2D eigenvalue weighted by atomic mass is 10.5. The fourth-order valence-corrected chi connectivity index (χ4v) is 0.369. The Morgan fingerprint density at radius 2 is 2.12 bits per heavy atom. The third-order valence-electron chi connectivity index (χ3n) is 0.737. The molecule has 0 aromatic rings. The fourth-order valence-electron chi connectivity index (χ4n) is 0.369. The summed E-state index contributed by atoms with van der Waals surface area (Å²) in [5.41, 5.74) is 0. The van der Waals surface area contributed by atoms with Crippen molar-refractivity contribution in [1.29, 1.82) is 0 Å². The molecule has 0 heterocycles. The summed E-state index contributed by atoms with van der Waals surface area (Å²) in [6.07, 6.45) is 0.647. The molecule has 8 heavy (non-hydrogen) atoms. The van der Waals surface area contributed by atoms with Gasteiger partial charge in [0.05, 0.1) is 6.67 Å². The zero-order valence-corrected chi connectivity index (χ0v) is 5.93. The van der Waals surface area contributed by atoms with Crippen LogP contribution in [0.15, 0.2) is 0 Å². The Balaban J connectivity index is 0. The molecule has 0 aromatic carbocycles. The van der Waals surface area contributed by atoms with Crippen LogP contribution < -0.4 is 5.32 Å². The van der Waals surface area contributed by atoms with Crippen molar-refractivity contribution in [3.05, 3.63) is 0 Å². The quantitative estimate of drug-likeness (QED) is 0.584. The molecule has 0 radical (unpaired) electrons. The van der Waals surface area contributed by atoms with Gasteiger partial charge in [0.15, 0.2) is 0 Å². The van der Waals surface area contributed by atoms with Crippen LogP contribution in [0.5, 0.6) is 0 Å². The maximum absolute atomic E-state index is 11.3. The third kappa shape index (κ3) is 9.49. The molecule has 0 spiro atoms. The molecule has 0 bridgehead atoms. The highest BCUT2D eigenvalue weighted by Crippen LogP contribution is 1.74. The van der Waals surface area contributed by atoms with Gasteiger partial charge in [-0.1, -0.05) is 6.92 Å². The lowest BCUT2D eigenvalue weighted by Crippen LogP contribution is -2.14. The van der Waals surface area contributed by atoms with Crippen molar-refractivity contribution < 1.29 is 4.39 Å². The van der Waals surface area contributed by atoms with Gasteiger partial charge >= 0.3 is 0 Å². The second kappa shape index (κ2) is 10.2. The molecule has 0 atom stereocenters. The monoisotopic (exact) mass is 141 g/mol. The van der Waals surface area contributed by atoms with E-state index in [4.69, 9.17) is 0 Å². The maximum Gasteiger partial charge on any atom is 0.0906 e. The molecule has 0 aromatic heterocycles. The first kappa shape index (κ1) is 11.0. The van der Waals surface area contributed by atoms with Crippen LogP contribution >= 0.6 is 12.4 Å². The Morgan fingerprint density at radius 1 is 1.50 bits per heavy atom. The minimum Gasteiger partial charge on any atom is -0.317 e. The zero-order valence-electron chi connectivity index (χ0n) is 5.11. The molecule has 52 valence electrons. The van der Waals surface area contributed by atoms with Gasteiger partial charge in [0.2, 0.25) is 0 Å². The van der Waals surface area contributed by atoms with Crippen molar-refractivity contribution in [3.8, 4) is 0 Å². The topological polar surface area (TPSA) is 12.0 Å². The van der Waals surface area contributed by atoms with Crippen LogP contribution in [0.1, 0.15) is 13.3 Å². The minimum atomic E-state index is -0.201. The van der Waals surface area contributed by atoms with Crippen molar-refractivity contribution in [2.45, 2.75) is 13.3 Å². The van der Waals surface area contributed by atoms with E-state index in [0.717, 1.165) is 13.1 Å². The summed E-state index contributed by atoms with van der Waals surface area (Å²) in [4.78, 5) is 0. The first-order chi connectivity index (χ1) is 3.41. The second-order valence-electron chi connectivity index (χ2n) is 1.40. The molecule has 0 fully saturated rings. The second-order valence-corrected chi connectivity index (χ2v) is 1.40. The number of alkyl halides is 1. The zero-order chi connectivity index (χ0) is 5.54. The maximum atomic E-state index is 11.3. The van der Waals surface area contributed by atoms with Crippen LogP contribution in [0, 0.1) is 0 Å². The average molecular weight is 142 g/mol. The van der Waals surface area contributed by atoms with E-state index in [9.17, 15) is 4.39 Å². The summed E-state index contributed by atoms with van der Waals surface area (Å²) in [6.45, 7) is 3.57. The summed E-state index contributed by atoms with van der Waals surface area (Å²) in [5, 5.41) is 3.01. The number of hydrogen-bond donors (Lipinski definition) is 1. The van der Waals surface area contributed by atoms with Gasteiger partial charge in [0.1, 0.15) is 0 Å². The molecule has 0 saturated carbocycles. The summed E-state index contributed by atoms with van der Waals surface area (Å²) < 4.78 is 11.3. The van der Waals surface area contributed by atoms with E-state index in [0.29, 0.717) is 6.42 Å². The van der Waals surface area contributed by atoms with E-state index < -0.39 is 0 Å². The molecule has 0 rings (SSSR count). The van der Waals surface area contributed by atoms with Gasteiger partial charge in [-0.15, -0.1) is 12.4 Å². The van der Waals surface area contributed by atoms with Crippen molar-refractivity contribution >= 4 is 12.4 Å². The van der Waals surface area contributed by atoms with Crippen molar-refractivity contribution in [3.63, 3.8) is 0 Å². The van der Waals surface area contributed by atoms with E-state index in [1.54, 1.807) is 0 Å². The summed E-state index contributed by atoms with van der Waals surface area (Å²) >= 11 is 0. The van der Waals surface area contributed by atoms with Crippen molar-refractivity contribution in [2.75, 3.05) is 19.8 Å². The van der Waals surface area contributed by atoms with Crippen LogP contribution in [0.25, 0.3) is 0 Å². The van der Waals surface area contributed by atoms with E-state index in [-0.39, 0.29) is 19.1 Å². The molecule has 0 saturated heterocycles. The highest BCUT2D eigenvalue weighted by Gasteiger charge is 1.79. The normalized spacial score (nSPS) is 8.25. The number of rotatable bonds is 4. The van der Waals surface area contributed by atoms with Gasteiger partial charge in [-0.25, -0.2) is 0 Å². The highest BCUT2D eigenvalue weighted by molar-refractivity contribution is 5.85. The molecule has 0 unspecified atom stereocenters. The molecule has 0 aliphatic heterocycles. The molecule has 0 aliphatic carbocycles. The molecular weight excluding hydrogens is 129 g/mol. The van der Waals surface area contributed by atoms with Crippen LogP contribution in [0.3, 0.4) is 0 Å². The molecule has 3 heteroatoms. The Hall–Kier alpha value is 0.180. The Morgan fingerprint density at radius 3 is 2.50 bits per heavy atom. The SMILES string of the molecule is CCNCCCF.Cl. The lowest BCUT2D eigenvalue weighted by Gasteiger charge is -1.93. The Labute approximate surface area is 56.1 Å². The molecule has 1 N–H and O–H groups in total. The van der Waals surface area contributed by atoms with Gasteiger partial charge < -0.3 is 5.32 Å². The largest absolute Gasteiger partial charge is 0.317 e. The van der Waals surface area contributed by atoms with E-state index >= 15 is 0 Å². The summed E-state index contributed by atoms with van der Waals surface area (Å²) in [5.74, 6) is 0. The van der Waals surface area contributed by atoms with Gasteiger partial charge in [-0.2, -0.15) is 0 Å². The van der Waals surface area contributed by atoms with Crippen molar-refractivity contribution in [2.24, 2.45) is 0 Å². The first-order valence-electron chi connectivity index (χ1n) is 2.68. The lowest BCUT2D eigenvalue weighted by molar-refractivity contribution is 0.462. The molecule has 1 nitrogen and oxygen atoms in total. The molecule has 0 aliphatic rings. The predicted octanol–water partition coefficient (Wildman–Crippen LogP) is 1.38. The number of hydrogen-bond acceptors (Lipinski definition) is 1. The average Bonchev–Trinajstić information content (AvgIpc) is 1.69. The van der Waals surface area contributed by atoms with Gasteiger partial charge in [0.25, 0.3) is 0 Å². The van der Waals surface area contributed by atoms with Crippen LogP contribution in [0.4, 0.5) is 4.39 Å². The van der Waals surface area contributed by atoms with E-state index in [1.807, 2.05) is 6.92 Å². The van der Waals surface area contributed by atoms with Crippen LogP contribution in [0.2, 0.25) is 0 Å². The van der Waals surface area contributed by atoms with E-state index in [1.165, 1.54) is 0 Å². The van der Waals surface area contributed by atoms with Crippen LogP contribution in [-0.2, 0) is 0 Å². The van der Waals surface area contributed by atoms with Gasteiger partial charge in [0, 0.05) is 0 Å². The predicted molar refractivity (Wildman–Crippen MR) is 36.4 cm³/mol. The van der Waals surface area contributed by atoms with Gasteiger partial charge in [-0.3, -0.25) is 4.39 Å². The fraction of sp³-hybridized carbons (Fsp3) is 1.00. The van der Waals surface area contributed by atoms with E-state index in [2.05, 4.69) is 5.32 Å². The first-order valence-corrected chi connectivity index (χ1v) is 2.68. The highest BCUT2D eigenvalue weighted by atomic mass is 35.5. The standard InChI is InChI=1S/C5H12FN.ClH/c1-2-7-5-3-4-6;/h7H,2-5H2,1H3;1H. The minimum absolute atomic E-state index is 0. The van der Waals surface area contributed by atoms with Crippen molar-refractivity contribution in [1.82, 2.24) is 5.32 Å². The summed E-state index contributed by atoms with van der Waals surface area (Å²) in [7, 11) is 0. The van der Waals surface area contributed by atoms with Gasteiger partial charge in [-0.05, 0) is 19.5 Å². The smallest absolute Gasteiger partial charge is 0.0906 e. The third-order valence-corrected chi connectivity index (χ3v) is 0.737. The Bertz CT molecular complexity index is 31.6. The number of halogens is 2. The molecule has 0 amide bonds. The number of nitrogens with one attached hydrogen (secondary N) is 1. The Kier molecular flexibility index (Phi) is 14.1.